The number of fused-ring (bicyclic) bond motifs is 1. The van der Waals surface area contributed by atoms with E-state index >= 15 is 0 Å². The van der Waals surface area contributed by atoms with Gasteiger partial charge in [-0.3, -0.25) is 0 Å². The van der Waals surface area contributed by atoms with Crippen molar-refractivity contribution in [1.29, 1.82) is 0 Å². The molecule has 4 rings (SSSR count). The predicted molar refractivity (Wildman–Crippen MR) is 98.2 cm³/mol. The van der Waals surface area contributed by atoms with E-state index in [4.69, 9.17) is 4.74 Å². The highest BCUT2D eigenvalue weighted by molar-refractivity contribution is 9.10. The lowest BCUT2D eigenvalue weighted by molar-refractivity contribution is 0.219. The van der Waals surface area contributed by atoms with E-state index < -0.39 is 0 Å². The second-order valence-electron chi connectivity index (χ2n) is 6.30. The van der Waals surface area contributed by atoms with Crippen molar-refractivity contribution in [3.8, 4) is 5.75 Å². The maximum absolute atomic E-state index is 6.31. The highest BCUT2D eigenvalue weighted by atomic mass is 79.9. The van der Waals surface area contributed by atoms with Crippen LogP contribution in [0.4, 0.5) is 5.69 Å². The molecule has 1 atom stereocenters. The second kappa shape index (κ2) is 6.25. The van der Waals surface area contributed by atoms with Gasteiger partial charge in [-0.1, -0.05) is 0 Å². The van der Waals surface area contributed by atoms with E-state index in [1.54, 1.807) is 4.52 Å². The standard InChI is InChI=1S/C17H19BrN6O/c1-10-16(11(2)24-17(20-10)21-12(3)22-24)25-14-6-7-23(9-14)13-4-5-15(18)19-8-13/h4-5,8,14H,6-7,9H2,1-3H3/t14-/m1/s1. The summed E-state index contributed by atoms with van der Waals surface area (Å²) in [5.41, 5.74) is 2.90. The quantitative estimate of drug-likeness (QED) is 0.627. The third-order valence-corrected chi connectivity index (χ3v) is 4.91. The molecule has 0 amide bonds. The summed E-state index contributed by atoms with van der Waals surface area (Å²) in [5.74, 6) is 2.13. The second-order valence-corrected chi connectivity index (χ2v) is 7.11. The van der Waals surface area contributed by atoms with E-state index in [0.717, 1.165) is 46.9 Å². The SMILES string of the molecule is Cc1nc2nc(C)c(O[C@@H]3CCN(c4ccc(Br)nc4)C3)c(C)n2n1. The predicted octanol–water partition coefficient (Wildman–Crippen LogP) is 2.86. The zero-order chi connectivity index (χ0) is 17.6. The Hall–Kier alpha value is -2.22. The zero-order valence-corrected chi connectivity index (χ0v) is 16.0. The van der Waals surface area contributed by atoms with Gasteiger partial charge in [-0.05, 0) is 48.8 Å². The highest BCUT2D eigenvalue weighted by Crippen LogP contribution is 2.27. The first kappa shape index (κ1) is 16.3. The van der Waals surface area contributed by atoms with Crippen molar-refractivity contribution in [2.75, 3.05) is 18.0 Å². The van der Waals surface area contributed by atoms with Gasteiger partial charge in [0.1, 0.15) is 16.5 Å². The summed E-state index contributed by atoms with van der Waals surface area (Å²) in [4.78, 5) is 15.4. The summed E-state index contributed by atoms with van der Waals surface area (Å²) in [7, 11) is 0. The smallest absolute Gasteiger partial charge is 0.253 e. The Balaban J connectivity index is 1.55. The molecule has 4 heterocycles. The van der Waals surface area contributed by atoms with Crippen LogP contribution in [0, 0.1) is 20.8 Å². The molecule has 7 nitrogen and oxygen atoms in total. The molecule has 0 radical (unpaired) electrons. The minimum absolute atomic E-state index is 0.116. The third-order valence-electron chi connectivity index (χ3n) is 4.45. The molecular formula is C17H19BrN6O. The van der Waals surface area contributed by atoms with Gasteiger partial charge < -0.3 is 9.64 Å². The first-order valence-corrected chi connectivity index (χ1v) is 9.04. The summed E-state index contributed by atoms with van der Waals surface area (Å²) in [6.07, 6.45) is 2.96. The molecule has 0 unspecified atom stereocenters. The number of hydrogen-bond donors (Lipinski definition) is 0. The molecular weight excluding hydrogens is 384 g/mol. The van der Waals surface area contributed by atoms with Crippen molar-refractivity contribution >= 4 is 27.4 Å². The van der Waals surface area contributed by atoms with Crippen LogP contribution in [-0.2, 0) is 0 Å². The van der Waals surface area contributed by atoms with Crippen molar-refractivity contribution in [1.82, 2.24) is 24.6 Å². The van der Waals surface area contributed by atoms with Crippen LogP contribution in [0.2, 0.25) is 0 Å². The van der Waals surface area contributed by atoms with Gasteiger partial charge in [0, 0.05) is 13.0 Å². The molecule has 3 aromatic rings. The van der Waals surface area contributed by atoms with Crippen LogP contribution >= 0.6 is 15.9 Å². The Morgan fingerprint density at radius 1 is 1.20 bits per heavy atom. The minimum Gasteiger partial charge on any atom is -0.485 e. The molecule has 0 spiro atoms. The third kappa shape index (κ3) is 3.06. The molecule has 0 N–H and O–H groups in total. The molecule has 1 fully saturated rings. The van der Waals surface area contributed by atoms with Gasteiger partial charge in [-0.25, -0.2) is 9.97 Å². The number of aromatic nitrogens is 5. The number of pyridine rings is 1. The molecule has 1 saturated heterocycles. The molecule has 0 aromatic carbocycles. The summed E-state index contributed by atoms with van der Waals surface area (Å²) in [6, 6.07) is 4.03. The van der Waals surface area contributed by atoms with Crippen LogP contribution in [0.3, 0.4) is 0 Å². The van der Waals surface area contributed by atoms with Crippen molar-refractivity contribution < 1.29 is 4.74 Å². The molecule has 8 heteroatoms. The van der Waals surface area contributed by atoms with Crippen LogP contribution in [0.1, 0.15) is 23.6 Å². The molecule has 3 aromatic heterocycles. The van der Waals surface area contributed by atoms with E-state index in [1.165, 1.54) is 0 Å². The fourth-order valence-corrected chi connectivity index (χ4v) is 3.45. The van der Waals surface area contributed by atoms with Gasteiger partial charge in [-0.15, -0.1) is 5.10 Å². The van der Waals surface area contributed by atoms with Crippen LogP contribution < -0.4 is 9.64 Å². The van der Waals surface area contributed by atoms with Crippen molar-refractivity contribution in [2.45, 2.75) is 33.3 Å². The Morgan fingerprint density at radius 2 is 2.04 bits per heavy atom. The lowest BCUT2D eigenvalue weighted by atomic mass is 10.3. The van der Waals surface area contributed by atoms with E-state index in [-0.39, 0.29) is 6.10 Å². The molecule has 0 aliphatic carbocycles. The summed E-state index contributed by atoms with van der Waals surface area (Å²) in [6.45, 7) is 7.60. The number of ether oxygens (including phenoxy) is 1. The highest BCUT2D eigenvalue weighted by Gasteiger charge is 2.26. The normalized spacial score (nSPS) is 17.4. The lowest BCUT2D eigenvalue weighted by Gasteiger charge is -2.20. The largest absolute Gasteiger partial charge is 0.485 e. The van der Waals surface area contributed by atoms with Crippen LogP contribution in [-0.4, -0.2) is 43.8 Å². The summed E-state index contributed by atoms with van der Waals surface area (Å²) in [5, 5.41) is 4.40. The molecule has 0 saturated carbocycles. The van der Waals surface area contributed by atoms with E-state index in [2.05, 4.69) is 46.9 Å². The molecule has 1 aliphatic rings. The maximum atomic E-state index is 6.31. The van der Waals surface area contributed by atoms with Gasteiger partial charge >= 0.3 is 0 Å². The van der Waals surface area contributed by atoms with Gasteiger partial charge in [-0.2, -0.15) is 9.50 Å². The van der Waals surface area contributed by atoms with Gasteiger partial charge in [0.05, 0.1) is 29.8 Å². The summed E-state index contributed by atoms with van der Waals surface area (Å²) >= 11 is 3.37. The minimum atomic E-state index is 0.116. The van der Waals surface area contributed by atoms with E-state index in [9.17, 15) is 0 Å². The topological polar surface area (TPSA) is 68.4 Å². The monoisotopic (exact) mass is 402 g/mol. The molecule has 0 bridgehead atoms. The summed E-state index contributed by atoms with van der Waals surface area (Å²) < 4.78 is 8.90. The number of hydrogen-bond acceptors (Lipinski definition) is 6. The van der Waals surface area contributed by atoms with Crippen molar-refractivity contribution in [3.63, 3.8) is 0 Å². The Labute approximate surface area is 154 Å². The van der Waals surface area contributed by atoms with Gasteiger partial charge in [0.15, 0.2) is 5.75 Å². The number of anilines is 1. The van der Waals surface area contributed by atoms with Gasteiger partial charge in [0.2, 0.25) is 0 Å². The average molecular weight is 403 g/mol. The number of aryl methyl sites for hydroxylation is 3. The molecule has 1 aliphatic heterocycles. The number of rotatable bonds is 3. The van der Waals surface area contributed by atoms with E-state index in [0.29, 0.717) is 11.6 Å². The Kier molecular flexibility index (Phi) is 4.07. The Morgan fingerprint density at radius 3 is 2.80 bits per heavy atom. The van der Waals surface area contributed by atoms with Crippen LogP contribution in [0.15, 0.2) is 22.9 Å². The molecule has 130 valence electrons. The van der Waals surface area contributed by atoms with E-state index in [1.807, 2.05) is 33.0 Å². The number of halogens is 1. The fraction of sp³-hybridized carbons (Fsp3) is 0.412. The van der Waals surface area contributed by atoms with Crippen molar-refractivity contribution in [3.05, 3.63) is 40.1 Å². The maximum Gasteiger partial charge on any atom is 0.253 e. The first-order valence-electron chi connectivity index (χ1n) is 8.25. The van der Waals surface area contributed by atoms with Gasteiger partial charge in [0.25, 0.3) is 5.78 Å². The Bertz CT molecular complexity index is 923. The van der Waals surface area contributed by atoms with Crippen LogP contribution in [0.25, 0.3) is 5.78 Å². The van der Waals surface area contributed by atoms with Crippen LogP contribution in [0.5, 0.6) is 5.75 Å². The zero-order valence-electron chi connectivity index (χ0n) is 14.4. The van der Waals surface area contributed by atoms with Crippen molar-refractivity contribution in [2.24, 2.45) is 0 Å². The number of nitrogens with zero attached hydrogens (tertiary/aromatic N) is 6. The lowest BCUT2D eigenvalue weighted by Crippen LogP contribution is -2.25. The average Bonchev–Trinajstić information content (AvgIpc) is 3.18. The molecule has 25 heavy (non-hydrogen) atoms. The first-order chi connectivity index (χ1) is 12.0. The fourth-order valence-electron chi connectivity index (χ4n) is 3.21.